The summed E-state index contributed by atoms with van der Waals surface area (Å²) in [6.07, 6.45) is 2.67. The van der Waals surface area contributed by atoms with Gasteiger partial charge in [-0.3, -0.25) is 0 Å². The van der Waals surface area contributed by atoms with Gasteiger partial charge in [0.2, 0.25) is 0 Å². The van der Waals surface area contributed by atoms with Crippen LogP contribution in [0.1, 0.15) is 18.1 Å². The fourth-order valence-electron chi connectivity index (χ4n) is 3.25. The minimum atomic E-state index is -0.253. The van der Waals surface area contributed by atoms with Crippen LogP contribution in [0.25, 0.3) is 10.9 Å². The Morgan fingerprint density at radius 2 is 2.00 bits per heavy atom. The van der Waals surface area contributed by atoms with Gasteiger partial charge in [-0.1, -0.05) is 36.4 Å². The molecule has 0 saturated heterocycles. The van der Waals surface area contributed by atoms with Gasteiger partial charge in [0.05, 0.1) is 11.5 Å². The van der Waals surface area contributed by atoms with Crippen molar-refractivity contribution in [2.75, 3.05) is 6.61 Å². The predicted molar refractivity (Wildman–Crippen MR) is 99.6 cm³/mol. The highest BCUT2D eigenvalue weighted by Gasteiger charge is 2.28. The molecule has 0 spiro atoms. The molecule has 2 aromatic carbocycles. The van der Waals surface area contributed by atoms with Crippen LogP contribution in [0.4, 0.5) is 0 Å². The van der Waals surface area contributed by atoms with Crippen molar-refractivity contribution >= 4 is 32.2 Å². The summed E-state index contributed by atoms with van der Waals surface area (Å²) in [5.41, 5.74) is 3.64. The molecule has 0 amide bonds. The first-order chi connectivity index (χ1) is 11.8. The number of hydrogen-bond acceptors (Lipinski definition) is 2. The zero-order valence-electron chi connectivity index (χ0n) is 13.5. The van der Waals surface area contributed by atoms with Gasteiger partial charge in [-0.2, -0.15) is 0 Å². The lowest BCUT2D eigenvalue weighted by molar-refractivity contribution is -0.134. The Bertz CT molecular complexity index is 941. The van der Waals surface area contributed by atoms with E-state index in [1.165, 1.54) is 21.4 Å². The highest BCUT2D eigenvalue weighted by Crippen LogP contribution is 2.45. The maximum absolute atomic E-state index is 12.5. The van der Waals surface area contributed by atoms with Crippen molar-refractivity contribution in [3.8, 4) is 0 Å². The second-order valence-corrected chi connectivity index (χ2v) is 7.81. The molecular weight excluding hydrogens is 318 g/mol. The number of carbonyl (C=O) groups excluding carboxylic acids is 1. The van der Waals surface area contributed by atoms with Crippen LogP contribution in [0.5, 0.6) is 0 Å². The van der Waals surface area contributed by atoms with Crippen LogP contribution in [0.2, 0.25) is 0 Å². The number of nitrogens with one attached hydrogen (secondary N) is 1. The third kappa shape index (κ3) is 2.57. The summed E-state index contributed by atoms with van der Waals surface area (Å²) in [7, 11) is -0.253. The summed E-state index contributed by atoms with van der Waals surface area (Å²) < 4.78 is 5.34. The fraction of sp³-hybridized carbons (Fsp3) is 0.200. The van der Waals surface area contributed by atoms with Crippen LogP contribution in [-0.2, 0) is 21.7 Å². The first kappa shape index (κ1) is 15.2. The monoisotopic (exact) mass is 337 g/mol. The van der Waals surface area contributed by atoms with Gasteiger partial charge in [-0.15, -0.1) is 10.5 Å². The SMILES string of the molecule is CCOC(=O)C1=S(Cc2ccccc2)c2c(ccc3[nH]ccc23)C1. The molecule has 3 nitrogen and oxygen atoms in total. The molecule has 24 heavy (non-hydrogen) atoms. The number of aromatic nitrogens is 1. The van der Waals surface area contributed by atoms with Gasteiger partial charge in [-0.05, 0) is 30.2 Å². The van der Waals surface area contributed by atoms with E-state index < -0.39 is 0 Å². The Balaban J connectivity index is 1.87. The number of H-pyrrole nitrogens is 1. The Kier molecular flexibility index (Phi) is 3.98. The Morgan fingerprint density at radius 3 is 2.79 bits per heavy atom. The summed E-state index contributed by atoms with van der Waals surface area (Å²) in [5.74, 6) is 0.711. The van der Waals surface area contributed by atoms with Crippen molar-refractivity contribution < 1.29 is 9.53 Å². The lowest BCUT2D eigenvalue weighted by Gasteiger charge is -2.11. The maximum atomic E-state index is 12.5. The van der Waals surface area contributed by atoms with Gasteiger partial charge >= 0.3 is 5.97 Å². The first-order valence-corrected chi connectivity index (χ1v) is 9.54. The van der Waals surface area contributed by atoms with E-state index in [2.05, 4.69) is 47.4 Å². The van der Waals surface area contributed by atoms with Gasteiger partial charge in [0.1, 0.15) is 0 Å². The number of benzene rings is 2. The van der Waals surface area contributed by atoms with Crippen LogP contribution in [0.3, 0.4) is 0 Å². The van der Waals surface area contributed by atoms with Crippen LogP contribution in [0.15, 0.2) is 59.6 Å². The smallest absolute Gasteiger partial charge is 0.340 e. The number of hydrogen-bond donors (Lipinski definition) is 1. The number of carbonyl (C=O) groups is 1. The van der Waals surface area contributed by atoms with E-state index in [0.29, 0.717) is 13.0 Å². The zero-order chi connectivity index (χ0) is 16.5. The van der Waals surface area contributed by atoms with E-state index in [1.54, 1.807) is 0 Å². The average Bonchev–Trinajstić information content (AvgIpc) is 3.20. The van der Waals surface area contributed by atoms with Crippen LogP contribution < -0.4 is 0 Å². The summed E-state index contributed by atoms with van der Waals surface area (Å²) in [4.78, 5) is 18.0. The lowest BCUT2D eigenvalue weighted by Crippen LogP contribution is -2.17. The number of aromatic amines is 1. The molecule has 1 aliphatic rings. The Morgan fingerprint density at radius 1 is 1.17 bits per heavy atom. The third-order valence-corrected chi connectivity index (χ3v) is 6.82. The Labute approximate surface area is 143 Å². The van der Waals surface area contributed by atoms with Crippen LogP contribution in [0, 0.1) is 0 Å². The Hall–Kier alpha value is -2.33. The summed E-state index contributed by atoms with van der Waals surface area (Å²) >= 11 is 0. The molecule has 122 valence electrons. The molecule has 0 aliphatic carbocycles. The van der Waals surface area contributed by atoms with Crippen molar-refractivity contribution in [2.24, 2.45) is 0 Å². The zero-order valence-corrected chi connectivity index (χ0v) is 14.4. The molecule has 4 heteroatoms. The molecular formula is C20H19NO2S. The molecule has 1 N–H and O–H groups in total. The van der Waals surface area contributed by atoms with Crippen LogP contribution in [-0.4, -0.2) is 22.4 Å². The first-order valence-electron chi connectivity index (χ1n) is 8.14. The number of esters is 1. The van der Waals surface area contributed by atoms with Gasteiger partial charge in [0, 0.05) is 34.2 Å². The third-order valence-electron chi connectivity index (χ3n) is 4.32. The van der Waals surface area contributed by atoms with Gasteiger partial charge in [0.15, 0.2) is 0 Å². The molecule has 1 unspecified atom stereocenters. The molecule has 1 aromatic heterocycles. The van der Waals surface area contributed by atoms with Crippen LogP contribution >= 0.6 is 10.5 Å². The van der Waals surface area contributed by atoms with E-state index in [9.17, 15) is 4.79 Å². The van der Waals surface area contributed by atoms with Crippen molar-refractivity contribution in [2.45, 2.75) is 24.0 Å². The summed E-state index contributed by atoms with van der Waals surface area (Å²) in [6.45, 7) is 2.28. The fourth-order valence-corrected chi connectivity index (χ4v) is 5.83. The average molecular weight is 337 g/mol. The normalized spacial score (nSPS) is 16.4. The van der Waals surface area contributed by atoms with E-state index in [-0.39, 0.29) is 16.5 Å². The van der Waals surface area contributed by atoms with E-state index >= 15 is 0 Å². The van der Waals surface area contributed by atoms with Gasteiger partial charge in [0.25, 0.3) is 0 Å². The van der Waals surface area contributed by atoms with Crippen molar-refractivity contribution in [3.05, 3.63) is 65.9 Å². The van der Waals surface area contributed by atoms with Crippen molar-refractivity contribution in [1.82, 2.24) is 4.98 Å². The van der Waals surface area contributed by atoms with Crippen molar-refractivity contribution in [3.63, 3.8) is 0 Å². The molecule has 1 atom stereocenters. The second-order valence-electron chi connectivity index (χ2n) is 5.83. The van der Waals surface area contributed by atoms with Gasteiger partial charge < -0.3 is 9.72 Å². The summed E-state index contributed by atoms with van der Waals surface area (Å²) in [6, 6.07) is 16.8. The minimum absolute atomic E-state index is 0.142. The molecule has 1 aliphatic heterocycles. The topological polar surface area (TPSA) is 42.1 Å². The maximum Gasteiger partial charge on any atom is 0.340 e. The quantitative estimate of drug-likeness (QED) is 0.570. The molecule has 0 bridgehead atoms. The molecule has 0 fully saturated rings. The second kappa shape index (κ2) is 6.29. The lowest BCUT2D eigenvalue weighted by atomic mass is 10.1. The largest absolute Gasteiger partial charge is 0.462 e. The van der Waals surface area contributed by atoms with Crippen molar-refractivity contribution in [1.29, 1.82) is 0 Å². The minimum Gasteiger partial charge on any atom is -0.462 e. The number of fused-ring (bicyclic) bond motifs is 3. The number of rotatable bonds is 4. The van der Waals surface area contributed by atoms with E-state index in [0.717, 1.165) is 16.1 Å². The molecule has 4 rings (SSSR count). The highest BCUT2D eigenvalue weighted by atomic mass is 32.2. The highest BCUT2D eigenvalue weighted by molar-refractivity contribution is 8.16. The molecule has 0 radical (unpaired) electrons. The number of ether oxygens (including phenoxy) is 1. The predicted octanol–water partition coefficient (Wildman–Crippen LogP) is 4.29. The van der Waals surface area contributed by atoms with Gasteiger partial charge in [-0.25, -0.2) is 4.79 Å². The van der Waals surface area contributed by atoms with E-state index in [1.807, 2.05) is 19.2 Å². The standard InChI is InChI=1S/C20H19NO2S/c1-2-23-20(22)18-12-15-8-9-17-16(10-11-21-17)19(15)24(18)13-14-6-4-3-5-7-14/h3-11,21H,2,12-13H2,1H3. The molecule has 0 saturated carbocycles. The van der Waals surface area contributed by atoms with E-state index in [4.69, 9.17) is 4.74 Å². The molecule has 2 heterocycles. The summed E-state index contributed by atoms with van der Waals surface area (Å²) in [5, 5.41) is 1.23. The molecule has 3 aromatic rings.